The second-order valence-electron chi connectivity index (χ2n) is 12.9. The number of para-hydroxylation sites is 3. The molecule has 0 saturated heterocycles. The Bertz CT molecular complexity index is 3070. The van der Waals surface area contributed by atoms with E-state index in [2.05, 4.69) is 167 Å². The van der Waals surface area contributed by atoms with Gasteiger partial charge in [-0.25, -0.2) is 0 Å². The molecule has 0 N–H and O–H groups in total. The van der Waals surface area contributed by atoms with Crippen LogP contribution in [-0.4, -0.2) is 19.1 Å². The Balaban J connectivity index is 1.17. The van der Waals surface area contributed by atoms with E-state index in [1.807, 2.05) is 12.1 Å². The van der Waals surface area contributed by atoms with Crippen LogP contribution in [0, 0.1) is 0 Å². The molecule has 234 valence electrons. The molecular formula is C46H28N2OSe. The Morgan fingerprint density at radius 3 is 1.88 bits per heavy atom. The van der Waals surface area contributed by atoms with Gasteiger partial charge in [-0.1, -0.05) is 12.1 Å². The topological polar surface area (TPSA) is 21.3 Å². The summed E-state index contributed by atoms with van der Waals surface area (Å²) in [6, 6.07) is 61.7. The van der Waals surface area contributed by atoms with Crippen molar-refractivity contribution in [3.8, 4) is 5.69 Å². The summed E-state index contributed by atoms with van der Waals surface area (Å²) in [5, 5.41) is 10.1. The average molecular weight is 704 g/mol. The molecule has 0 unspecified atom stereocenters. The van der Waals surface area contributed by atoms with Gasteiger partial charge in [-0.2, -0.15) is 0 Å². The normalized spacial score (nSPS) is 12.0. The van der Waals surface area contributed by atoms with Gasteiger partial charge in [-0.15, -0.1) is 0 Å². The second kappa shape index (κ2) is 10.7. The van der Waals surface area contributed by atoms with Gasteiger partial charge >= 0.3 is 283 Å². The Kier molecular flexibility index (Phi) is 5.97. The van der Waals surface area contributed by atoms with E-state index in [1.54, 1.807) is 0 Å². The van der Waals surface area contributed by atoms with E-state index >= 15 is 0 Å². The molecule has 4 heteroatoms. The van der Waals surface area contributed by atoms with Crippen LogP contribution in [0.1, 0.15) is 0 Å². The summed E-state index contributed by atoms with van der Waals surface area (Å²) in [6.45, 7) is 0. The molecule has 11 rings (SSSR count). The van der Waals surface area contributed by atoms with Gasteiger partial charge < -0.3 is 0 Å². The van der Waals surface area contributed by atoms with Crippen LogP contribution in [0.5, 0.6) is 0 Å². The van der Waals surface area contributed by atoms with Gasteiger partial charge in [-0.05, 0) is 0 Å². The van der Waals surface area contributed by atoms with Crippen molar-refractivity contribution in [3.05, 3.63) is 170 Å². The van der Waals surface area contributed by atoms with Gasteiger partial charge in [0, 0.05) is 0 Å². The number of aromatic nitrogens is 1. The fourth-order valence-electron chi connectivity index (χ4n) is 7.90. The molecule has 11 aromatic rings. The SMILES string of the molecule is c1cc(N(c2ccc3c(c2)oc2ccccc23)c2ccc3ccc4c5ccccc5[se]c4c3c2)cc(-n2c3ccccc3c3ccccc32)c1. The third kappa shape index (κ3) is 4.10. The molecule has 0 atom stereocenters. The number of rotatable bonds is 4. The third-order valence-corrected chi connectivity index (χ3v) is 12.7. The molecule has 0 spiro atoms. The molecule has 50 heavy (non-hydrogen) atoms. The minimum atomic E-state index is 0.249. The molecule has 0 radical (unpaired) electrons. The monoisotopic (exact) mass is 704 g/mol. The summed E-state index contributed by atoms with van der Waals surface area (Å²) in [7, 11) is 0. The number of hydrogen-bond acceptors (Lipinski definition) is 2. The minimum absolute atomic E-state index is 0.249. The van der Waals surface area contributed by atoms with E-state index in [-0.39, 0.29) is 14.5 Å². The third-order valence-electron chi connectivity index (χ3n) is 10.1. The predicted octanol–water partition coefficient (Wildman–Crippen LogP) is 12.7. The van der Waals surface area contributed by atoms with Crippen LogP contribution in [0.15, 0.2) is 174 Å². The zero-order valence-electron chi connectivity index (χ0n) is 26.9. The van der Waals surface area contributed by atoms with E-state index in [1.165, 1.54) is 51.9 Å². The molecule has 3 aromatic heterocycles. The van der Waals surface area contributed by atoms with E-state index < -0.39 is 0 Å². The molecule has 0 saturated carbocycles. The van der Waals surface area contributed by atoms with Crippen molar-refractivity contribution in [1.82, 2.24) is 4.57 Å². The first-order valence-electron chi connectivity index (χ1n) is 16.9. The molecule has 8 aromatic carbocycles. The maximum absolute atomic E-state index is 6.43. The van der Waals surface area contributed by atoms with E-state index in [0.29, 0.717) is 0 Å². The van der Waals surface area contributed by atoms with Crippen molar-refractivity contribution in [2.45, 2.75) is 0 Å². The summed E-state index contributed by atoms with van der Waals surface area (Å²) < 4.78 is 11.7. The molecule has 0 bridgehead atoms. The van der Waals surface area contributed by atoms with Crippen molar-refractivity contribution in [2.75, 3.05) is 4.90 Å². The Morgan fingerprint density at radius 1 is 0.420 bits per heavy atom. The standard InChI is InChI=1S/C46H28N2OSe/c1-5-16-41-34(12-1)35-13-2-6-17-42(35)48(41)31-11-9-10-30(26-31)47(33-23-25-37-36-14-3-7-18-43(36)49-44(37)28-33)32-22-20-29-21-24-39-38-15-4-8-19-45(38)50-46(39)40(29)27-32/h1-28H. The van der Waals surface area contributed by atoms with Crippen LogP contribution < -0.4 is 4.90 Å². The molecule has 3 heterocycles. The summed E-state index contributed by atoms with van der Waals surface area (Å²) in [4.78, 5) is 2.39. The zero-order chi connectivity index (χ0) is 32.8. The van der Waals surface area contributed by atoms with E-state index in [9.17, 15) is 0 Å². The van der Waals surface area contributed by atoms with E-state index in [4.69, 9.17) is 4.42 Å². The average Bonchev–Trinajstić information content (AvgIpc) is 3.85. The molecular weight excluding hydrogens is 675 g/mol. The van der Waals surface area contributed by atoms with Crippen molar-refractivity contribution >= 4 is 105 Å². The Hall–Kier alpha value is -6.06. The van der Waals surface area contributed by atoms with Crippen LogP contribution in [0.2, 0.25) is 0 Å². The first-order valence-corrected chi connectivity index (χ1v) is 18.6. The van der Waals surface area contributed by atoms with Crippen LogP contribution >= 0.6 is 0 Å². The summed E-state index contributed by atoms with van der Waals surface area (Å²) in [5.74, 6) is 0. The van der Waals surface area contributed by atoms with Gasteiger partial charge in [0.2, 0.25) is 0 Å². The van der Waals surface area contributed by atoms with Crippen LogP contribution in [0.4, 0.5) is 17.1 Å². The maximum atomic E-state index is 6.43. The van der Waals surface area contributed by atoms with Gasteiger partial charge in [0.1, 0.15) is 0 Å². The van der Waals surface area contributed by atoms with Gasteiger partial charge in [0.05, 0.1) is 0 Å². The number of benzene rings is 8. The van der Waals surface area contributed by atoms with Crippen molar-refractivity contribution in [2.24, 2.45) is 0 Å². The molecule has 3 nitrogen and oxygen atoms in total. The number of anilines is 3. The van der Waals surface area contributed by atoms with Gasteiger partial charge in [0.15, 0.2) is 0 Å². The number of hydrogen-bond donors (Lipinski definition) is 0. The van der Waals surface area contributed by atoms with Crippen molar-refractivity contribution in [3.63, 3.8) is 0 Å². The fraction of sp³-hybridized carbons (Fsp3) is 0. The molecule has 0 amide bonds. The van der Waals surface area contributed by atoms with Gasteiger partial charge in [-0.3, -0.25) is 0 Å². The molecule has 0 aliphatic heterocycles. The summed E-state index contributed by atoms with van der Waals surface area (Å²) in [5.41, 5.74) is 8.56. The quantitative estimate of drug-likeness (QED) is 0.170. The first kappa shape index (κ1) is 27.8. The van der Waals surface area contributed by atoms with Crippen LogP contribution in [-0.2, 0) is 0 Å². The number of furan rings is 1. The first-order chi connectivity index (χ1) is 24.8. The second-order valence-corrected chi connectivity index (χ2v) is 15.2. The molecule has 0 fully saturated rings. The van der Waals surface area contributed by atoms with Crippen molar-refractivity contribution < 1.29 is 4.42 Å². The number of nitrogens with zero attached hydrogens (tertiary/aromatic N) is 2. The van der Waals surface area contributed by atoms with E-state index in [0.717, 1.165) is 44.7 Å². The number of fused-ring (bicyclic) bond motifs is 11. The van der Waals surface area contributed by atoms with Crippen LogP contribution in [0.25, 0.3) is 79.5 Å². The molecule has 0 aliphatic carbocycles. The Morgan fingerprint density at radius 2 is 1.04 bits per heavy atom. The fourth-order valence-corrected chi connectivity index (χ4v) is 10.5. The van der Waals surface area contributed by atoms with Gasteiger partial charge in [0.25, 0.3) is 0 Å². The zero-order valence-corrected chi connectivity index (χ0v) is 28.6. The van der Waals surface area contributed by atoms with Crippen molar-refractivity contribution in [1.29, 1.82) is 0 Å². The summed E-state index contributed by atoms with van der Waals surface area (Å²) in [6.07, 6.45) is 0. The Labute approximate surface area is 293 Å². The molecule has 0 aliphatic rings. The predicted molar refractivity (Wildman–Crippen MR) is 212 cm³/mol. The summed E-state index contributed by atoms with van der Waals surface area (Å²) >= 11 is 0.249. The van der Waals surface area contributed by atoms with Crippen LogP contribution in [0.3, 0.4) is 0 Å².